The summed E-state index contributed by atoms with van der Waals surface area (Å²) in [6, 6.07) is 8.20. The van der Waals surface area contributed by atoms with Crippen LogP contribution in [0.25, 0.3) is 0 Å². The lowest BCUT2D eigenvalue weighted by atomic mass is 10.2. The Labute approximate surface area is 216 Å². The van der Waals surface area contributed by atoms with Gasteiger partial charge in [0.2, 0.25) is 11.8 Å². The van der Waals surface area contributed by atoms with E-state index in [2.05, 4.69) is 20.6 Å². The summed E-state index contributed by atoms with van der Waals surface area (Å²) in [6.07, 6.45) is 3.41. The van der Waals surface area contributed by atoms with Crippen molar-refractivity contribution in [2.24, 2.45) is 0 Å². The summed E-state index contributed by atoms with van der Waals surface area (Å²) >= 11 is 13.3. The van der Waals surface area contributed by atoms with E-state index in [0.29, 0.717) is 22.4 Å². The molecule has 0 aliphatic rings. The zero-order valence-corrected chi connectivity index (χ0v) is 21.1. The van der Waals surface area contributed by atoms with Crippen LogP contribution in [-0.4, -0.2) is 59.4 Å². The summed E-state index contributed by atoms with van der Waals surface area (Å²) < 4.78 is 5.06. The third-order valence-corrected chi connectivity index (χ3v) is 6.06. The smallest absolute Gasteiger partial charge is 0.255 e. The van der Waals surface area contributed by atoms with Gasteiger partial charge in [0.25, 0.3) is 5.91 Å². The van der Waals surface area contributed by atoms with Crippen LogP contribution in [0.1, 0.15) is 21.6 Å². The molecule has 3 aromatic rings. The van der Waals surface area contributed by atoms with Crippen LogP contribution in [0.5, 0.6) is 0 Å². The van der Waals surface area contributed by atoms with Gasteiger partial charge < -0.3 is 20.3 Å². The van der Waals surface area contributed by atoms with Crippen LogP contribution >= 0.6 is 34.5 Å². The highest BCUT2D eigenvalue weighted by molar-refractivity contribution is 7.13. The van der Waals surface area contributed by atoms with E-state index in [1.54, 1.807) is 29.9 Å². The van der Waals surface area contributed by atoms with Gasteiger partial charge in [0.15, 0.2) is 5.13 Å². The van der Waals surface area contributed by atoms with E-state index in [-0.39, 0.29) is 42.6 Å². The number of nitrogens with zero attached hydrogens (tertiary/aromatic N) is 3. The van der Waals surface area contributed by atoms with Crippen molar-refractivity contribution in [3.05, 3.63) is 75.0 Å². The quantitative estimate of drug-likeness (QED) is 0.388. The fourth-order valence-corrected chi connectivity index (χ4v) is 4.21. The minimum Gasteiger partial charge on any atom is -0.383 e. The normalized spacial score (nSPS) is 10.6. The average Bonchev–Trinajstić information content (AvgIpc) is 3.27. The molecule has 2 aromatic heterocycles. The summed E-state index contributed by atoms with van der Waals surface area (Å²) in [5, 5.41) is 8.09. The third-order valence-electron chi connectivity index (χ3n) is 4.70. The SMILES string of the molecule is COCCN(CC(=O)Nc1nc(CC(=O)NCc2cccnc2)cs1)C(=O)c1ccc(Cl)cc1Cl. The van der Waals surface area contributed by atoms with E-state index < -0.39 is 11.8 Å². The summed E-state index contributed by atoms with van der Waals surface area (Å²) in [6.45, 7) is 0.548. The Bertz CT molecular complexity index is 1180. The van der Waals surface area contributed by atoms with Crippen molar-refractivity contribution in [3.63, 3.8) is 0 Å². The molecule has 0 bridgehead atoms. The number of ether oxygens (including phenoxy) is 1. The van der Waals surface area contributed by atoms with Crippen LogP contribution in [-0.2, 0) is 27.3 Å². The summed E-state index contributed by atoms with van der Waals surface area (Å²) in [4.78, 5) is 47.4. The second-order valence-corrected chi connectivity index (χ2v) is 9.05. The van der Waals surface area contributed by atoms with Gasteiger partial charge in [-0.2, -0.15) is 0 Å². The van der Waals surface area contributed by atoms with Gasteiger partial charge in [-0.1, -0.05) is 29.3 Å². The van der Waals surface area contributed by atoms with Crippen molar-refractivity contribution in [1.82, 2.24) is 20.2 Å². The Morgan fingerprint density at radius 2 is 2.00 bits per heavy atom. The highest BCUT2D eigenvalue weighted by Gasteiger charge is 2.22. The maximum Gasteiger partial charge on any atom is 0.255 e. The molecule has 0 fully saturated rings. The van der Waals surface area contributed by atoms with E-state index in [1.807, 2.05) is 6.07 Å². The Hall–Kier alpha value is -3.05. The number of nitrogens with one attached hydrogen (secondary N) is 2. The number of carbonyl (C=O) groups is 3. The molecule has 35 heavy (non-hydrogen) atoms. The molecule has 0 saturated heterocycles. The molecule has 0 aliphatic carbocycles. The highest BCUT2D eigenvalue weighted by atomic mass is 35.5. The maximum absolute atomic E-state index is 13.0. The number of benzene rings is 1. The van der Waals surface area contributed by atoms with Crippen LogP contribution in [0.2, 0.25) is 10.0 Å². The lowest BCUT2D eigenvalue weighted by molar-refractivity contribution is -0.120. The van der Waals surface area contributed by atoms with Crippen LogP contribution in [0, 0.1) is 0 Å². The number of halogens is 2. The van der Waals surface area contributed by atoms with Gasteiger partial charge in [0.05, 0.1) is 29.3 Å². The van der Waals surface area contributed by atoms with E-state index in [9.17, 15) is 14.4 Å². The van der Waals surface area contributed by atoms with Crippen LogP contribution in [0.15, 0.2) is 48.1 Å². The Morgan fingerprint density at radius 3 is 2.71 bits per heavy atom. The molecule has 0 spiro atoms. The molecule has 3 rings (SSSR count). The number of aromatic nitrogens is 2. The van der Waals surface area contributed by atoms with Gasteiger partial charge in [0, 0.05) is 43.0 Å². The monoisotopic (exact) mass is 535 g/mol. The Kier molecular flexibility index (Phi) is 9.98. The van der Waals surface area contributed by atoms with Crippen LogP contribution < -0.4 is 10.6 Å². The minimum absolute atomic E-state index is 0.0696. The van der Waals surface area contributed by atoms with Crippen molar-refractivity contribution >= 4 is 57.4 Å². The zero-order chi connectivity index (χ0) is 25.2. The maximum atomic E-state index is 13.0. The number of hydrogen-bond donors (Lipinski definition) is 2. The van der Waals surface area contributed by atoms with Gasteiger partial charge in [0.1, 0.15) is 6.54 Å². The van der Waals surface area contributed by atoms with Crippen molar-refractivity contribution in [3.8, 4) is 0 Å². The summed E-state index contributed by atoms with van der Waals surface area (Å²) in [7, 11) is 1.50. The molecule has 0 aliphatic heterocycles. The lowest BCUT2D eigenvalue weighted by Gasteiger charge is -2.22. The molecule has 3 amide bonds. The molecule has 1 aromatic carbocycles. The fourth-order valence-electron chi connectivity index (χ4n) is 3.00. The predicted octanol–water partition coefficient (Wildman–Crippen LogP) is 3.43. The molecular weight excluding hydrogens is 513 g/mol. The average molecular weight is 536 g/mol. The van der Waals surface area contributed by atoms with Crippen molar-refractivity contribution < 1.29 is 19.1 Å². The molecule has 0 atom stereocenters. The van der Waals surface area contributed by atoms with Gasteiger partial charge in [-0.3, -0.25) is 19.4 Å². The van der Waals surface area contributed by atoms with Gasteiger partial charge in [-0.05, 0) is 29.8 Å². The fraction of sp³-hybridized carbons (Fsp3) is 0.261. The molecule has 2 heterocycles. The largest absolute Gasteiger partial charge is 0.383 e. The number of anilines is 1. The molecule has 0 unspecified atom stereocenters. The Morgan fingerprint density at radius 1 is 1.17 bits per heavy atom. The first kappa shape index (κ1) is 26.6. The number of amides is 3. The minimum atomic E-state index is -0.443. The predicted molar refractivity (Wildman–Crippen MR) is 135 cm³/mol. The topological polar surface area (TPSA) is 114 Å². The summed E-state index contributed by atoms with van der Waals surface area (Å²) in [5.74, 6) is -1.07. The van der Waals surface area contributed by atoms with E-state index in [1.165, 1.54) is 35.5 Å². The van der Waals surface area contributed by atoms with E-state index >= 15 is 0 Å². The zero-order valence-electron chi connectivity index (χ0n) is 18.8. The highest BCUT2D eigenvalue weighted by Crippen LogP contribution is 2.22. The molecule has 0 radical (unpaired) electrons. The number of thiazole rings is 1. The number of carbonyl (C=O) groups excluding carboxylic acids is 3. The van der Waals surface area contributed by atoms with Crippen molar-refractivity contribution in [2.75, 3.05) is 32.1 Å². The Balaban J connectivity index is 1.55. The van der Waals surface area contributed by atoms with E-state index in [4.69, 9.17) is 27.9 Å². The molecule has 9 nitrogen and oxygen atoms in total. The molecule has 2 N–H and O–H groups in total. The van der Waals surface area contributed by atoms with Crippen LogP contribution in [0.4, 0.5) is 5.13 Å². The number of hydrogen-bond acceptors (Lipinski definition) is 7. The second-order valence-electron chi connectivity index (χ2n) is 7.35. The first-order chi connectivity index (χ1) is 16.9. The first-order valence-electron chi connectivity index (χ1n) is 10.5. The van der Waals surface area contributed by atoms with E-state index in [0.717, 1.165) is 5.56 Å². The van der Waals surface area contributed by atoms with Gasteiger partial charge >= 0.3 is 0 Å². The molecular formula is C23H23Cl2N5O4S. The van der Waals surface area contributed by atoms with Gasteiger partial charge in [-0.15, -0.1) is 11.3 Å². The number of pyridine rings is 1. The standard InChI is InChI=1S/C23H23Cl2N5O4S/c1-34-8-7-30(22(33)18-5-4-16(24)9-19(18)25)13-21(32)29-23-28-17(14-35-23)10-20(31)27-12-15-3-2-6-26-11-15/h2-6,9,11,14H,7-8,10,12-13H2,1H3,(H,27,31)(H,28,29,32). The summed E-state index contributed by atoms with van der Waals surface area (Å²) in [5.41, 5.74) is 1.64. The third kappa shape index (κ3) is 8.29. The van der Waals surface area contributed by atoms with Crippen molar-refractivity contribution in [1.29, 1.82) is 0 Å². The first-order valence-corrected chi connectivity index (χ1v) is 12.1. The van der Waals surface area contributed by atoms with Crippen LogP contribution in [0.3, 0.4) is 0 Å². The van der Waals surface area contributed by atoms with Crippen molar-refractivity contribution in [2.45, 2.75) is 13.0 Å². The van der Waals surface area contributed by atoms with Gasteiger partial charge in [-0.25, -0.2) is 4.98 Å². The second kappa shape index (κ2) is 13.1. The lowest BCUT2D eigenvalue weighted by Crippen LogP contribution is -2.40. The number of methoxy groups -OCH3 is 1. The molecule has 0 saturated carbocycles. The number of rotatable bonds is 11. The molecule has 184 valence electrons. The molecule has 12 heteroatoms.